The van der Waals surface area contributed by atoms with Crippen LogP contribution < -0.4 is 5.32 Å². The SMILES string of the molecule is CNC1(c2nc(C)c(C)s2)CCC(C)c2ccccc21. The maximum absolute atomic E-state index is 4.86. The quantitative estimate of drug-likeness (QED) is 0.898. The summed E-state index contributed by atoms with van der Waals surface area (Å²) in [5, 5.41) is 4.82. The first-order chi connectivity index (χ1) is 9.58. The molecule has 1 aromatic carbocycles. The Labute approximate surface area is 125 Å². The zero-order chi connectivity index (χ0) is 14.3. The average Bonchev–Trinajstić information content (AvgIpc) is 2.80. The summed E-state index contributed by atoms with van der Waals surface area (Å²) >= 11 is 1.84. The first-order valence-corrected chi connectivity index (χ1v) is 8.13. The molecule has 3 rings (SSSR count). The van der Waals surface area contributed by atoms with Gasteiger partial charge in [-0.3, -0.25) is 0 Å². The van der Waals surface area contributed by atoms with Gasteiger partial charge in [0, 0.05) is 4.88 Å². The maximum Gasteiger partial charge on any atom is 0.118 e. The largest absolute Gasteiger partial charge is 0.305 e. The van der Waals surface area contributed by atoms with Crippen LogP contribution in [0, 0.1) is 13.8 Å². The van der Waals surface area contributed by atoms with E-state index in [0.29, 0.717) is 5.92 Å². The molecule has 2 unspecified atom stereocenters. The van der Waals surface area contributed by atoms with Crippen LogP contribution in [0.25, 0.3) is 0 Å². The topological polar surface area (TPSA) is 24.9 Å². The van der Waals surface area contributed by atoms with E-state index in [9.17, 15) is 0 Å². The molecule has 20 heavy (non-hydrogen) atoms. The zero-order valence-corrected chi connectivity index (χ0v) is 13.5. The van der Waals surface area contributed by atoms with Gasteiger partial charge in [0.15, 0.2) is 0 Å². The smallest absolute Gasteiger partial charge is 0.118 e. The third-order valence-electron chi connectivity index (χ3n) is 4.72. The molecule has 1 aliphatic rings. The number of rotatable bonds is 2. The van der Waals surface area contributed by atoms with Crippen molar-refractivity contribution in [1.29, 1.82) is 0 Å². The first kappa shape index (κ1) is 13.8. The van der Waals surface area contributed by atoms with Crippen LogP contribution in [0.1, 0.15) is 52.4 Å². The van der Waals surface area contributed by atoms with Crippen LogP contribution in [0.4, 0.5) is 0 Å². The number of nitrogens with one attached hydrogen (secondary N) is 1. The molecule has 1 heterocycles. The molecule has 0 saturated heterocycles. The predicted molar refractivity (Wildman–Crippen MR) is 85.5 cm³/mol. The zero-order valence-electron chi connectivity index (χ0n) is 12.7. The van der Waals surface area contributed by atoms with E-state index in [1.807, 2.05) is 11.3 Å². The summed E-state index contributed by atoms with van der Waals surface area (Å²) in [5.74, 6) is 0.634. The number of aromatic nitrogens is 1. The van der Waals surface area contributed by atoms with E-state index < -0.39 is 0 Å². The summed E-state index contributed by atoms with van der Waals surface area (Å²) in [4.78, 5) is 6.18. The van der Waals surface area contributed by atoms with Crippen molar-refractivity contribution in [2.45, 2.75) is 45.1 Å². The van der Waals surface area contributed by atoms with Crippen molar-refractivity contribution in [2.75, 3.05) is 7.05 Å². The summed E-state index contributed by atoms with van der Waals surface area (Å²) in [6.45, 7) is 6.60. The van der Waals surface area contributed by atoms with Crippen molar-refractivity contribution >= 4 is 11.3 Å². The summed E-state index contributed by atoms with van der Waals surface area (Å²) < 4.78 is 0. The van der Waals surface area contributed by atoms with Gasteiger partial charge in [-0.05, 0) is 50.8 Å². The molecule has 2 nitrogen and oxygen atoms in total. The summed E-state index contributed by atoms with van der Waals surface area (Å²) in [6.07, 6.45) is 2.32. The van der Waals surface area contributed by atoms with Gasteiger partial charge in [-0.1, -0.05) is 31.2 Å². The number of thiazole rings is 1. The Bertz CT molecular complexity index is 612. The monoisotopic (exact) mass is 286 g/mol. The van der Waals surface area contributed by atoms with E-state index in [4.69, 9.17) is 4.98 Å². The Kier molecular flexibility index (Phi) is 3.43. The minimum absolute atomic E-state index is 0.104. The lowest BCUT2D eigenvalue weighted by molar-refractivity contribution is 0.349. The van der Waals surface area contributed by atoms with Crippen LogP contribution in [0.15, 0.2) is 24.3 Å². The molecule has 0 bridgehead atoms. The number of benzene rings is 1. The lowest BCUT2D eigenvalue weighted by Gasteiger charge is -2.40. The van der Waals surface area contributed by atoms with Gasteiger partial charge in [-0.2, -0.15) is 0 Å². The standard InChI is InChI=1S/C17H22N2S/c1-11-9-10-17(18-4,15-8-6-5-7-14(11)15)16-19-12(2)13(3)20-16/h5-8,11,18H,9-10H2,1-4H3. The van der Waals surface area contributed by atoms with Gasteiger partial charge in [0.1, 0.15) is 5.01 Å². The van der Waals surface area contributed by atoms with Gasteiger partial charge in [-0.25, -0.2) is 4.98 Å². The summed E-state index contributed by atoms with van der Waals surface area (Å²) in [5.41, 5.74) is 3.94. The molecule has 1 aliphatic carbocycles. The number of aryl methyl sites for hydroxylation is 2. The molecule has 0 spiro atoms. The molecular formula is C17H22N2S. The Morgan fingerprint density at radius 2 is 2.05 bits per heavy atom. The number of hydrogen-bond acceptors (Lipinski definition) is 3. The molecule has 0 radical (unpaired) electrons. The molecule has 2 atom stereocenters. The third kappa shape index (κ3) is 1.92. The minimum atomic E-state index is -0.104. The van der Waals surface area contributed by atoms with Crippen LogP contribution in [0.3, 0.4) is 0 Å². The molecule has 3 heteroatoms. The third-order valence-corrected chi connectivity index (χ3v) is 5.96. The Morgan fingerprint density at radius 3 is 2.70 bits per heavy atom. The minimum Gasteiger partial charge on any atom is -0.305 e. The van der Waals surface area contributed by atoms with E-state index in [1.54, 1.807) is 0 Å². The van der Waals surface area contributed by atoms with E-state index >= 15 is 0 Å². The Balaban J connectivity index is 2.21. The van der Waals surface area contributed by atoms with E-state index in [1.165, 1.54) is 27.4 Å². The predicted octanol–water partition coefficient (Wildman–Crippen LogP) is 4.12. The van der Waals surface area contributed by atoms with Gasteiger partial charge >= 0.3 is 0 Å². The normalized spacial score (nSPS) is 25.5. The molecule has 0 fully saturated rings. The molecular weight excluding hydrogens is 264 g/mol. The molecule has 0 saturated carbocycles. The van der Waals surface area contributed by atoms with Crippen molar-refractivity contribution in [3.05, 3.63) is 51.0 Å². The Morgan fingerprint density at radius 1 is 1.30 bits per heavy atom. The van der Waals surface area contributed by atoms with E-state index in [2.05, 4.69) is 57.4 Å². The van der Waals surface area contributed by atoms with Crippen molar-refractivity contribution in [3.63, 3.8) is 0 Å². The molecule has 1 aromatic heterocycles. The van der Waals surface area contributed by atoms with Crippen LogP contribution in [0.5, 0.6) is 0 Å². The van der Waals surface area contributed by atoms with Crippen LogP contribution >= 0.6 is 11.3 Å². The summed E-state index contributed by atoms with van der Waals surface area (Å²) in [6, 6.07) is 8.85. The fourth-order valence-corrected chi connectivity index (χ4v) is 4.44. The van der Waals surface area contributed by atoms with Gasteiger partial charge in [0.05, 0.1) is 11.2 Å². The number of nitrogens with zero attached hydrogens (tertiary/aromatic N) is 1. The summed E-state index contributed by atoms with van der Waals surface area (Å²) in [7, 11) is 2.07. The van der Waals surface area contributed by atoms with Gasteiger partial charge in [-0.15, -0.1) is 11.3 Å². The van der Waals surface area contributed by atoms with Crippen LogP contribution in [-0.4, -0.2) is 12.0 Å². The van der Waals surface area contributed by atoms with Gasteiger partial charge in [0.2, 0.25) is 0 Å². The van der Waals surface area contributed by atoms with Crippen molar-refractivity contribution < 1.29 is 0 Å². The lowest BCUT2D eigenvalue weighted by Crippen LogP contribution is -2.44. The van der Waals surface area contributed by atoms with Crippen LogP contribution in [0.2, 0.25) is 0 Å². The average molecular weight is 286 g/mol. The Hall–Kier alpha value is -1.19. The molecule has 2 aromatic rings. The fourth-order valence-electron chi connectivity index (χ4n) is 3.28. The highest BCUT2D eigenvalue weighted by atomic mass is 32.1. The first-order valence-electron chi connectivity index (χ1n) is 7.31. The second-order valence-electron chi connectivity index (χ2n) is 5.84. The fraction of sp³-hybridized carbons (Fsp3) is 0.471. The number of hydrogen-bond donors (Lipinski definition) is 1. The van der Waals surface area contributed by atoms with E-state index in [-0.39, 0.29) is 5.54 Å². The van der Waals surface area contributed by atoms with Crippen molar-refractivity contribution in [1.82, 2.24) is 10.3 Å². The van der Waals surface area contributed by atoms with E-state index in [0.717, 1.165) is 12.1 Å². The van der Waals surface area contributed by atoms with Crippen LogP contribution in [-0.2, 0) is 5.54 Å². The lowest BCUT2D eigenvalue weighted by atomic mass is 9.72. The van der Waals surface area contributed by atoms with Crippen molar-refractivity contribution in [3.8, 4) is 0 Å². The highest BCUT2D eigenvalue weighted by Crippen LogP contribution is 2.46. The maximum atomic E-state index is 4.86. The molecule has 0 aliphatic heterocycles. The number of fused-ring (bicyclic) bond motifs is 1. The molecule has 1 N–H and O–H groups in total. The highest BCUT2D eigenvalue weighted by molar-refractivity contribution is 7.11. The second-order valence-corrected chi connectivity index (χ2v) is 7.05. The molecule has 106 valence electrons. The highest BCUT2D eigenvalue weighted by Gasteiger charge is 2.41. The van der Waals surface area contributed by atoms with Crippen molar-refractivity contribution in [2.24, 2.45) is 0 Å². The van der Waals surface area contributed by atoms with Gasteiger partial charge in [0.25, 0.3) is 0 Å². The van der Waals surface area contributed by atoms with Gasteiger partial charge < -0.3 is 5.32 Å². The molecule has 0 amide bonds. The second kappa shape index (κ2) is 4.97.